The van der Waals surface area contributed by atoms with E-state index in [1.54, 1.807) is 0 Å². The number of hydrogen-bond acceptors (Lipinski definition) is 3. The van der Waals surface area contributed by atoms with Crippen molar-refractivity contribution in [2.24, 2.45) is 0 Å². The summed E-state index contributed by atoms with van der Waals surface area (Å²) in [6, 6.07) is 5.55. The van der Waals surface area contributed by atoms with E-state index in [-0.39, 0.29) is 62.8 Å². The molecule has 0 heterocycles. The normalized spacial score (nSPS) is 8.36. The van der Waals surface area contributed by atoms with Crippen LogP contribution < -0.4 is 0 Å². The van der Waals surface area contributed by atoms with E-state index in [0.29, 0.717) is 0 Å². The van der Waals surface area contributed by atoms with Crippen molar-refractivity contribution < 1.29 is 10.0 Å². The molecule has 0 unspecified atom stereocenters. The summed E-state index contributed by atoms with van der Waals surface area (Å²) < 4.78 is 0. The summed E-state index contributed by atoms with van der Waals surface area (Å²) in [6.45, 7) is 0. The number of hydrogen-bond donors (Lipinski definition) is 1. The zero-order chi connectivity index (χ0) is 7.56. The van der Waals surface area contributed by atoms with Gasteiger partial charge in [-0.3, -0.25) is 10.1 Å². The van der Waals surface area contributed by atoms with Crippen LogP contribution in [0, 0.1) is 10.1 Å². The van der Waals surface area contributed by atoms with Crippen LogP contribution in [0.4, 0.5) is 5.69 Å². The minimum Gasteiger partial charge on any atom is -0.502 e. The first-order chi connectivity index (χ1) is 4.72. The predicted octanol–water partition coefficient (Wildman–Crippen LogP) is 0.920. The molecule has 0 aliphatic heterocycles. The summed E-state index contributed by atoms with van der Waals surface area (Å²) in [4.78, 5) is 9.44. The Morgan fingerprint density at radius 3 is 2.27 bits per heavy atom. The van der Waals surface area contributed by atoms with Gasteiger partial charge < -0.3 is 5.11 Å². The Hall–Kier alpha value is 0.0564. The van der Waals surface area contributed by atoms with Crippen LogP contribution in [-0.4, -0.2) is 61.4 Å². The maximum absolute atomic E-state index is 10.1. The molecular formula is C6H5KNO3. The topological polar surface area (TPSA) is 63.4 Å². The van der Waals surface area contributed by atoms with Crippen LogP contribution in [0.2, 0.25) is 0 Å². The van der Waals surface area contributed by atoms with Crippen LogP contribution in [0.15, 0.2) is 24.3 Å². The van der Waals surface area contributed by atoms with E-state index >= 15 is 0 Å². The second-order valence-electron chi connectivity index (χ2n) is 1.75. The number of nitro groups is 1. The predicted molar refractivity (Wildman–Crippen MR) is 40.5 cm³/mol. The average Bonchev–Trinajstić information content (AvgIpc) is 1.88. The number of rotatable bonds is 1. The third kappa shape index (κ3) is 2.88. The first-order valence-corrected chi connectivity index (χ1v) is 2.64. The smallest absolute Gasteiger partial charge is 0.310 e. The van der Waals surface area contributed by atoms with Gasteiger partial charge in [-0.1, -0.05) is 12.1 Å². The summed E-state index contributed by atoms with van der Waals surface area (Å²) in [5.41, 5.74) is -0.262. The van der Waals surface area contributed by atoms with Gasteiger partial charge in [-0.25, -0.2) is 0 Å². The van der Waals surface area contributed by atoms with E-state index in [4.69, 9.17) is 5.11 Å². The fourth-order valence-electron chi connectivity index (χ4n) is 0.619. The van der Waals surface area contributed by atoms with Crippen LogP contribution in [0.3, 0.4) is 0 Å². The molecule has 1 N–H and O–H groups in total. The van der Waals surface area contributed by atoms with E-state index < -0.39 is 4.92 Å². The molecule has 0 bridgehead atoms. The molecule has 0 atom stereocenters. The third-order valence-electron chi connectivity index (χ3n) is 1.08. The van der Waals surface area contributed by atoms with Crippen LogP contribution in [-0.2, 0) is 0 Å². The van der Waals surface area contributed by atoms with Crippen LogP contribution in [0.1, 0.15) is 0 Å². The number of aromatic hydroxyl groups is 1. The number of nitrogens with zero attached hydrogens (tertiary/aromatic N) is 1. The average molecular weight is 178 g/mol. The van der Waals surface area contributed by atoms with Crippen LogP contribution >= 0.6 is 0 Å². The number of nitro benzene ring substituents is 1. The van der Waals surface area contributed by atoms with Crippen molar-refractivity contribution in [3.05, 3.63) is 34.4 Å². The minimum absolute atomic E-state index is 0. The molecule has 53 valence electrons. The van der Waals surface area contributed by atoms with E-state index in [1.807, 2.05) is 0 Å². The Morgan fingerprint density at radius 1 is 1.36 bits per heavy atom. The van der Waals surface area contributed by atoms with Crippen LogP contribution in [0.5, 0.6) is 5.75 Å². The standard InChI is InChI=1S/C6H5NO3.K/c8-6-4-2-1-3-5(6)7(9)10;/h1-4,8H;. The van der Waals surface area contributed by atoms with Crippen molar-refractivity contribution in [1.82, 2.24) is 0 Å². The van der Waals surface area contributed by atoms with E-state index in [9.17, 15) is 10.1 Å². The molecule has 11 heavy (non-hydrogen) atoms. The fourth-order valence-corrected chi connectivity index (χ4v) is 0.619. The Labute approximate surface area is 106 Å². The maximum Gasteiger partial charge on any atom is 0.310 e. The zero-order valence-corrected chi connectivity index (χ0v) is 9.14. The third-order valence-corrected chi connectivity index (χ3v) is 1.08. The zero-order valence-electron chi connectivity index (χ0n) is 6.02. The molecule has 0 saturated heterocycles. The molecule has 4 nitrogen and oxygen atoms in total. The molecule has 5 heteroatoms. The Morgan fingerprint density at radius 2 is 1.91 bits per heavy atom. The molecule has 1 radical (unpaired) electrons. The van der Waals surface area contributed by atoms with Gasteiger partial charge >= 0.3 is 5.69 Å². The van der Waals surface area contributed by atoms with E-state index in [2.05, 4.69) is 0 Å². The van der Waals surface area contributed by atoms with E-state index in [1.165, 1.54) is 24.3 Å². The van der Waals surface area contributed by atoms with Crippen molar-refractivity contribution in [3.8, 4) is 5.75 Å². The molecule has 1 rings (SSSR count). The Kier molecular flexibility index (Phi) is 4.86. The summed E-state index contributed by atoms with van der Waals surface area (Å²) in [6.07, 6.45) is 0. The summed E-state index contributed by atoms with van der Waals surface area (Å²) in [7, 11) is 0. The molecule has 0 aromatic heterocycles. The number of para-hydroxylation sites is 2. The van der Waals surface area contributed by atoms with Gasteiger partial charge in [-0.15, -0.1) is 0 Å². The molecule has 0 fully saturated rings. The second kappa shape index (κ2) is 4.84. The largest absolute Gasteiger partial charge is 0.502 e. The number of benzene rings is 1. The number of phenols is 1. The van der Waals surface area contributed by atoms with Gasteiger partial charge in [0.25, 0.3) is 0 Å². The van der Waals surface area contributed by atoms with E-state index in [0.717, 1.165) is 0 Å². The number of phenolic OH excluding ortho intramolecular Hbond substituents is 1. The minimum atomic E-state index is -0.630. The molecule has 0 amide bonds. The first kappa shape index (κ1) is 11.1. The van der Waals surface area contributed by atoms with Gasteiger partial charge in [0, 0.05) is 57.5 Å². The van der Waals surface area contributed by atoms with Gasteiger partial charge in [-0.2, -0.15) is 0 Å². The molecule has 0 saturated carbocycles. The van der Waals surface area contributed by atoms with Crippen molar-refractivity contribution in [3.63, 3.8) is 0 Å². The quantitative estimate of drug-likeness (QED) is 0.395. The van der Waals surface area contributed by atoms with Crippen molar-refractivity contribution >= 4 is 57.1 Å². The SMILES string of the molecule is O=[N+]([O-])c1ccccc1O.[K]. The molecule has 0 aliphatic rings. The molecular weight excluding hydrogens is 173 g/mol. The van der Waals surface area contributed by atoms with Gasteiger partial charge in [0.15, 0.2) is 5.75 Å². The van der Waals surface area contributed by atoms with Crippen LogP contribution in [0.25, 0.3) is 0 Å². The van der Waals surface area contributed by atoms with Gasteiger partial charge in [-0.05, 0) is 6.07 Å². The maximum atomic E-state index is 10.1. The summed E-state index contributed by atoms with van der Waals surface area (Å²) in [5, 5.41) is 18.9. The van der Waals surface area contributed by atoms with Crippen molar-refractivity contribution in [1.29, 1.82) is 0 Å². The summed E-state index contributed by atoms with van der Waals surface area (Å²) >= 11 is 0. The second-order valence-corrected chi connectivity index (χ2v) is 1.75. The fraction of sp³-hybridized carbons (Fsp3) is 0. The van der Waals surface area contributed by atoms with Crippen molar-refractivity contribution in [2.45, 2.75) is 0 Å². The molecule has 0 spiro atoms. The Balaban J connectivity index is 0.000001000. The van der Waals surface area contributed by atoms with Gasteiger partial charge in [0.05, 0.1) is 4.92 Å². The summed E-state index contributed by atoms with van der Waals surface area (Å²) in [5.74, 6) is -0.299. The molecule has 0 aliphatic carbocycles. The monoisotopic (exact) mass is 178 g/mol. The van der Waals surface area contributed by atoms with Gasteiger partial charge in [0.1, 0.15) is 0 Å². The van der Waals surface area contributed by atoms with Crippen molar-refractivity contribution in [2.75, 3.05) is 0 Å². The first-order valence-electron chi connectivity index (χ1n) is 2.64. The Bertz CT molecular complexity index is 264. The molecule has 1 aromatic rings. The molecule has 1 aromatic carbocycles. The van der Waals surface area contributed by atoms with Gasteiger partial charge in [0.2, 0.25) is 0 Å².